The highest BCUT2D eigenvalue weighted by Crippen LogP contribution is 1.34. The second-order valence-electron chi connectivity index (χ2n) is 0.481. The van der Waals surface area contributed by atoms with Crippen molar-refractivity contribution in [3.63, 3.8) is 0 Å². The second kappa shape index (κ2) is 9.50. The van der Waals surface area contributed by atoms with Gasteiger partial charge in [-0.2, -0.15) is 0 Å². The van der Waals surface area contributed by atoms with Crippen molar-refractivity contribution in [2.75, 3.05) is 13.4 Å². The molecule has 0 saturated carbocycles. The molecule has 0 unspecified atom stereocenters. The van der Waals surface area contributed by atoms with Gasteiger partial charge in [0.1, 0.15) is 0 Å². The minimum Gasteiger partial charge on any atom is -0.221 e. The number of halogens is 1. The van der Waals surface area contributed by atoms with Gasteiger partial charge in [-0.25, -0.2) is 13.1 Å². The molecule has 0 aliphatic heterocycles. The summed E-state index contributed by atoms with van der Waals surface area (Å²) in [6.45, 7) is 0. The molecular formula is C2H8ClNO2S. The molecule has 3 nitrogen and oxygen atoms in total. The van der Waals surface area contributed by atoms with Crippen LogP contribution < -0.4 is 4.72 Å². The molecule has 0 aromatic rings. The largest absolute Gasteiger partial charge is 0.221 e. The van der Waals surface area contributed by atoms with Crippen LogP contribution in [0.2, 0.25) is 0 Å². The van der Waals surface area contributed by atoms with Crippen LogP contribution in [0.15, 0.2) is 0 Å². The molecule has 0 aromatic carbocycles. The Morgan fingerprint density at radius 2 is 1.57 bits per heavy atom. The number of thiol groups is 1. The van der Waals surface area contributed by atoms with E-state index in [0.29, 0.717) is 0 Å². The average molecular weight is 146 g/mol. The van der Waals surface area contributed by atoms with Crippen molar-refractivity contribution in [1.29, 1.82) is 0 Å². The van der Waals surface area contributed by atoms with E-state index in [1.165, 1.54) is 13.4 Å². The van der Waals surface area contributed by atoms with Crippen LogP contribution in [0.4, 0.5) is 0 Å². The first-order valence-corrected chi connectivity index (χ1v) is 3.40. The quantitative estimate of drug-likeness (QED) is 0.389. The Kier molecular flexibility index (Phi) is 13.9. The molecule has 0 aliphatic carbocycles. The number of hydrogen-bond acceptors (Lipinski definition) is 2. The van der Waals surface area contributed by atoms with Crippen LogP contribution in [0.25, 0.3) is 0 Å². The Morgan fingerprint density at radius 3 is 1.57 bits per heavy atom. The molecule has 0 aliphatic rings. The lowest BCUT2D eigenvalue weighted by Gasteiger charge is -1.67. The van der Waals surface area contributed by atoms with Gasteiger partial charge in [-0.1, -0.05) is 0 Å². The molecule has 5 heteroatoms. The fourth-order valence-corrected chi connectivity index (χ4v) is 0. The topological polar surface area (TPSA) is 46.2 Å². The normalized spacial score (nSPS) is 7.43. The van der Waals surface area contributed by atoms with Gasteiger partial charge in [0.25, 0.3) is 0 Å². The molecule has 0 spiro atoms. The Labute approximate surface area is 49.8 Å². The highest BCUT2D eigenvalue weighted by atomic mass is 35.5. The lowest BCUT2D eigenvalue weighted by Crippen LogP contribution is -1.99. The van der Waals surface area contributed by atoms with Crippen LogP contribution in [0, 0.1) is 0 Å². The monoisotopic (exact) mass is 145 g/mol. The first kappa shape index (κ1) is 10.2. The molecule has 0 aromatic heterocycles. The summed E-state index contributed by atoms with van der Waals surface area (Å²) in [5.74, 6) is 0. The Hall–Kier alpha value is 0.200. The Bertz CT molecular complexity index is 73.8. The number of rotatable bonds is 1. The average Bonchev–Trinajstić information content (AvgIpc) is 1.73. The maximum Gasteiger partial charge on any atom is 0.201 e. The predicted octanol–water partition coefficient (Wildman–Crippen LogP) is -0.413. The van der Waals surface area contributed by atoms with E-state index in [1.54, 1.807) is 0 Å². The first-order chi connectivity index (χ1) is 3.27. The summed E-state index contributed by atoms with van der Waals surface area (Å²) in [4.78, 5) is 0. The summed E-state index contributed by atoms with van der Waals surface area (Å²) in [6, 6.07) is 0. The Balaban J connectivity index is 0. The third-order valence-corrected chi connectivity index (χ3v) is 0.548. The van der Waals surface area contributed by atoms with Gasteiger partial charge in [-0.3, -0.25) is 0 Å². The van der Waals surface area contributed by atoms with E-state index < -0.39 is 10.9 Å². The highest BCUT2D eigenvalue weighted by Gasteiger charge is 1.60. The number of hydrogen-bond donors (Lipinski definition) is 2. The van der Waals surface area contributed by atoms with Crippen LogP contribution in [0.1, 0.15) is 0 Å². The van der Waals surface area contributed by atoms with Crippen molar-refractivity contribution in [3.05, 3.63) is 0 Å². The fourth-order valence-electron chi connectivity index (χ4n) is 0. The van der Waals surface area contributed by atoms with Crippen LogP contribution in [-0.4, -0.2) is 21.8 Å². The molecule has 0 heterocycles. The summed E-state index contributed by atoms with van der Waals surface area (Å²) in [6.07, 6.45) is 1.47. The SMILES string of the molecule is CCl.CN[SH](=O)=O. The molecule has 0 fully saturated rings. The summed E-state index contributed by atoms with van der Waals surface area (Å²) in [5, 5.41) is 0. The third kappa shape index (κ3) is 22.6. The standard InChI is InChI=1S/CH3Cl.CH5NO2S/c1-2;1-2-5(3)4/h1H3;5H,1H3,(H,2,3,4). The first-order valence-electron chi connectivity index (χ1n) is 1.47. The number of alkyl halides is 1. The lowest BCUT2D eigenvalue weighted by atomic mass is 11.6. The van der Waals surface area contributed by atoms with E-state index in [0.717, 1.165) is 0 Å². The Morgan fingerprint density at radius 1 is 1.43 bits per heavy atom. The maximum absolute atomic E-state index is 9.29. The van der Waals surface area contributed by atoms with E-state index in [-0.39, 0.29) is 0 Å². The van der Waals surface area contributed by atoms with Crippen molar-refractivity contribution < 1.29 is 8.42 Å². The minimum atomic E-state index is -2.35. The molecule has 46 valence electrons. The van der Waals surface area contributed by atoms with E-state index >= 15 is 0 Å². The number of nitrogens with one attached hydrogen (secondary N) is 1. The van der Waals surface area contributed by atoms with Crippen molar-refractivity contribution in [3.8, 4) is 0 Å². The van der Waals surface area contributed by atoms with Crippen molar-refractivity contribution >= 4 is 22.5 Å². The molecule has 0 amide bonds. The van der Waals surface area contributed by atoms with Gasteiger partial charge in [0.2, 0.25) is 10.9 Å². The zero-order chi connectivity index (χ0) is 6.28. The van der Waals surface area contributed by atoms with E-state index in [9.17, 15) is 8.42 Å². The fraction of sp³-hybridized carbons (Fsp3) is 1.00. The minimum absolute atomic E-state index is 1.35. The van der Waals surface area contributed by atoms with Crippen LogP contribution in [0.5, 0.6) is 0 Å². The van der Waals surface area contributed by atoms with Crippen molar-refractivity contribution in [2.24, 2.45) is 0 Å². The van der Waals surface area contributed by atoms with Crippen molar-refractivity contribution in [1.82, 2.24) is 4.72 Å². The van der Waals surface area contributed by atoms with E-state index in [2.05, 4.69) is 11.6 Å². The van der Waals surface area contributed by atoms with Gasteiger partial charge in [0.05, 0.1) is 0 Å². The molecule has 0 bridgehead atoms. The zero-order valence-corrected chi connectivity index (χ0v) is 5.79. The third-order valence-electron chi connectivity index (χ3n) is 0.183. The summed E-state index contributed by atoms with van der Waals surface area (Å²) < 4.78 is 20.6. The molecule has 0 rings (SSSR count). The molecule has 1 N–H and O–H groups in total. The van der Waals surface area contributed by atoms with Gasteiger partial charge < -0.3 is 0 Å². The van der Waals surface area contributed by atoms with E-state index in [1.807, 2.05) is 4.72 Å². The molecule has 0 atom stereocenters. The summed E-state index contributed by atoms with van der Waals surface area (Å²) in [7, 11) is -0.995. The summed E-state index contributed by atoms with van der Waals surface area (Å²) >= 11 is 4.64. The van der Waals surface area contributed by atoms with Gasteiger partial charge in [-0.15, -0.1) is 11.6 Å². The maximum atomic E-state index is 9.29. The molecular weight excluding hydrogens is 138 g/mol. The van der Waals surface area contributed by atoms with Crippen LogP contribution in [0.3, 0.4) is 0 Å². The smallest absolute Gasteiger partial charge is 0.201 e. The predicted molar refractivity (Wildman–Crippen MR) is 31.2 cm³/mol. The summed E-state index contributed by atoms with van der Waals surface area (Å²) in [5.41, 5.74) is 0. The van der Waals surface area contributed by atoms with Gasteiger partial charge in [-0.05, 0) is 7.05 Å². The lowest BCUT2D eigenvalue weighted by molar-refractivity contribution is 0.608. The van der Waals surface area contributed by atoms with E-state index in [4.69, 9.17) is 0 Å². The van der Waals surface area contributed by atoms with Gasteiger partial charge >= 0.3 is 0 Å². The molecule has 0 saturated heterocycles. The molecule has 7 heavy (non-hydrogen) atoms. The zero-order valence-electron chi connectivity index (χ0n) is 4.14. The van der Waals surface area contributed by atoms with Gasteiger partial charge in [0, 0.05) is 6.38 Å². The van der Waals surface area contributed by atoms with Crippen LogP contribution >= 0.6 is 11.6 Å². The second-order valence-corrected chi connectivity index (χ2v) is 1.44. The van der Waals surface area contributed by atoms with Crippen molar-refractivity contribution in [2.45, 2.75) is 0 Å². The molecule has 0 radical (unpaired) electrons. The van der Waals surface area contributed by atoms with Crippen LogP contribution in [-0.2, 0) is 10.9 Å². The van der Waals surface area contributed by atoms with Gasteiger partial charge in [0.15, 0.2) is 0 Å². The highest BCUT2D eigenvalue weighted by molar-refractivity contribution is 7.70.